The summed E-state index contributed by atoms with van der Waals surface area (Å²) in [5, 5.41) is 16.0. The van der Waals surface area contributed by atoms with Gasteiger partial charge >= 0.3 is 5.97 Å². The molecule has 1 heterocycles. The quantitative estimate of drug-likeness (QED) is 0.239. The van der Waals surface area contributed by atoms with E-state index in [1.165, 1.54) is 19.3 Å². The van der Waals surface area contributed by atoms with Crippen LogP contribution in [0.1, 0.15) is 81.8 Å². The van der Waals surface area contributed by atoms with E-state index < -0.39 is 12.0 Å². The van der Waals surface area contributed by atoms with E-state index in [0.29, 0.717) is 25.2 Å². The van der Waals surface area contributed by atoms with E-state index in [1.54, 1.807) is 0 Å². The lowest BCUT2D eigenvalue weighted by atomic mass is 9.84. The van der Waals surface area contributed by atoms with Gasteiger partial charge in [0.2, 0.25) is 11.8 Å². The highest BCUT2D eigenvalue weighted by Gasteiger charge is 2.29. The molecule has 3 N–H and O–H groups in total. The summed E-state index contributed by atoms with van der Waals surface area (Å²) in [4.78, 5) is 40.2. The molecule has 2 amide bonds. The van der Waals surface area contributed by atoms with Gasteiger partial charge in [-0.05, 0) is 62.0 Å². The molecule has 0 radical (unpaired) electrons. The minimum Gasteiger partial charge on any atom is -0.463 e. The second-order valence-corrected chi connectivity index (χ2v) is 12.6. The number of esters is 1. The molecular weight excluding hydrogens is 552 g/mol. The van der Waals surface area contributed by atoms with Gasteiger partial charge in [0.1, 0.15) is 6.61 Å². The van der Waals surface area contributed by atoms with Crippen LogP contribution in [0.25, 0.3) is 0 Å². The molecule has 7 nitrogen and oxygen atoms in total. The third-order valence-electron chi connectivity index (χ3n) is 9.00. The minimum atomic E-state index is -0.555. The van der Waals surface area contributed by atoms with E-state index >= 15 is 0 Å². The Bertz CT molecular complexity index is 1180. The number of benzene rings is 2. The number of carbonyl (C=O) groups is 3. The second-order valence-electron chi connectivity index (χ2n) is 12.6. The Morgan fingerprint density at radius 3 is 2.30 bits per heavy atom. The van der Waals surface area contributed by atoms with Crippen molar-refractivity contribution in [3.8, 4) is 0 Å². The highest BCUT2D eigenvalue weighted by molar-refractivity contribution is 5.86. The Labute approximate surface area is 262 Å². The van der Waals surface area contributed by atoms with Gasteiger partial charge in [0, 0.05) is 6.42 Å². The van der Waals surface area contributed by atoms with E-state index in [1.807, 2.05) is 66.7 Å². The number of ether oxygens (including phenoxy) is 1. The van der Waals surface area contributed by atoms with E-state index in [-0.39, 0.29) is 49.4 Å². The summed E-state index contributed by atoms with van der Waals surface area (Å²) in [5.74, 6) is -0.956. The fourth-order valence-electron chi connectivity index (χ4n) is 6.53. The first-order valence-corrected chi connectivity index (χ1v) is 16.6. The van der Waals surface area contributed by atoms with Crippen molar-refractivity contribution < 1.29 is 24.2 Å². The average Bonchev–Trinajstić information content (AvgIpc) is 3.04. The van der Waals surface area contributed by atoms with Crippen LogP contribution in [0.2, 0.25) is 0 Å². The van der Waals surface area contributed by atoms with Crippen LogP contribution in [-0.2, 0) is 32.0 Å². The van der Waals surface area contributed by atoms with Crippen molar-refractivity contribution in [2.45, 2.75) is 95.6 Å². The lowest BCUT2D eigenvalue weighted by Crippen LogP contribution is -2.45. The smallest absolute Gasteiger partial charge is 0.309 e. The zero-order chi connectivity index (χ0) is 31.0. The molecule has 4 atom stereocenters. The largest absolute Gasteiger partial charge is 0.463 e. The second kappa shape index (κ2) is 18.4. The van der Waals surface area contributed by atoms with Gasteiger partial charge in [0.05, 0.1) is 30.5 Å². The van der Waals surface area contributed by atoms with E-state index in [0.717, 1.165) is 49.7 Å². The third kappa shape index (κ3) is 11.6. The summed E-state index contributed by atoms with van der Waals surface area (Å²) in [6, 6.07) is 19.1. The molecule has 238 valence electrons. The maximum atomic E-state index is 13.7. The summed E-state index contributed by atoms with van der Waals surface area (Å²) in [6.07, 6.45) is 14.7. The molecule has 2 aromatic carbocycles. The Morgan fingerprint density at radius 1 is 0.886 bits per heavy atom. The van der Waals surface area contributed by atoms with Crippen LogP contribution < -0.4 is 10.6 Å². The van der Waals surface area contributed by atoms with Gasteiger partial charge < -0.3 is 20.5 Å². The molecule has 0 spiro atoms. The lowest BCUT2D eigenvalue weighted by Gasteiger charge is -2.29. The maximum Gasteiger partial charge on any atom is 0.309 e. The van der Waals surface area contributed by atoms with Crippen LogP contribution in [0.5, 0.6) is 0 Å². The average molecular weight is 603 g/mol. The number of rotatable bonds is 10. The van der Waals surface area contributed by atoms with Crippen molar-refractivity contribution in [3.05, 3.63) is 83.9 Å². The van der Waals surface area contributed by atoms with Crippen LogP contribution >= 0.6 is 0 Å². The number of cyclic esters (lactones) is 1. The van der Waals surface area contributed by atoms with E-state index in [2.05, 4.69) is 16.7 Å². The Hall–Kier alpha value is -3.45. The van der Waals surface area contributed by atoms with Crippen molar-refractivity contribution in [2.75, 3.05) is 13.2 Å². The number of aliphatic hydroxyl groups is 1. The highest BCUT2D eigenvalue weighted by atomic mass is 16.5. The molecular formula is C37H50N2O5. The zero-order valence-corrected chi connectivity index (χ0v) is 26.0. The van der Waals surface area contributed by atoms with E-state index in [4.69, 9.17) is 4.74 Å². The van der Waals surface area contributed by atoms with Crippen LogP contribution in [0, 0.1) is 17.8 Å². The molecule has 2 aliphatic rings. The molecule has 0 unspecified atom stereocenters. The maximum absolute atomic E-state index is 13.7. The van der Waals surface area contributed by atoms with Gasteiger partial charge in [-0.2, -0.15) is 0 Å². The Morgan fingerprint density at radius 2 is 1.59 bits per heavy atom. The topological polar surface area (TPSA) is 105 Å². The lowest BCUT2D eigenvalue weighted by molar-refractivity contribution is -0.150. The normalized spacial score (nSPS) is 23.2. The van der Waals surface area contributed by atoms with Crippen molar-refractivity contribution in [1.82, 2.24) is 10.6 Å². The van der Waals surface area contributed by atoms with Crippen LogP contribution in [0.15, 0.2) is 72.8 Å². The first-order chi connectivity index (χ1) is 21.5. The number of hydrogen-bond donors (Lipinski definition) is 3. The first-order valence-electron chi connectivity index (χ1n) is 16.6. The molecule has 1 aliphatic carbocycles. The number of nitrogens with one attached hydrogen (secondary N) is 2. The number of allylic oxidation sites excluding steroid dienone is 2. The summed E-state index contributed by atoms with van der Waals surface area (Å²) in [5.41, 5.74) is 2.14. The molecule has 1 aliphatic heterocycles. The van der Waals surface area contributed by atoms with Gasteiger partial charge in [0.15, 0.2) is 0 Å². The monoisotopic (exact) mass is 602 g/mol. The zero-order valence-electron chi connectivity index (χ0n) is 26.0. The van der Waals surface area contributed by atoms with Crippen molar-refractivity contribution >= 4 is 17.8 Å². The standard InChI is InChI=1S/C37H50N2O5/c40-26-33(23-29-16-8-4-9-17-29)38-35(41)25-31-20-12-1-2-13-21-32(22-28-14-6-3-7-15-28)37(43)44-27-34(39-36(31)42)24-30-18-10-5-11-19-30/h1,3-4,6-9,12,14-17,30-34,40H,2,5,10-11,13,18-27H2,(H,38,41)(H,39,42)/t31-,32-,33+,34+/m1/s1. The molecule has 0 aromatic heterocycles. The molecule has 7 heteroatoms. The summed E-state index contributed by atoms with van der Waals surface area (Å²) in [7, 11) is 0. The highest BCUT2D eigenvalue weighted by Crippen LogP contribution is 2.28. The number of amides is 2. The number of aliphatic hydroxyl groups excluding tert-OH is 1. The Kier molecular flexibility index (Phi) is 14.0. The summed E-state index contributed by atoms with van der Waals surface area (Å²) >= 11 is 0. The fourth-order valence-corrected chi connectivity index (χ4v) is 6.53. The van der Waals surface area contributed by atoms with Crippen molar-refractivity contribution in [1.29, 1.82) is 0 Å². The SMILES string of the molecule is O=C(C[C@H]1CC=CCCC[C@H](Cc2ccccc2)C(=O)OC[C@H](CC2CCCCC2)NC1=O)N[C@H](CO)Cc1ccccc1. The van der Waals surface area contributed by atoms with Gasteiger partial charge in [-0.25, -0.2) is 0 Å². The molecule has 1 saturated carbocycles. The molecule has 44 heavy (non-hydrogen) atoms. The van der Waals surface area contributed by atoms with Crippen LogP contribution in [-0.4, -0.2) is 48.2 Å². The van der Waals surface area contributed by atoms with Gasteiger partial charge in [0.25, 0.3) is 0 Å². The first kappa shape index (κ1) is 33.4. The predicted octanol–water partition coefficient (Wildman–Crippen LogP) is 5.70. The van der Waals surface area contributed by atoms with Gasteiger partial charge in [-0.15, -0.1) is 0 Å². The molecule has 2 aromatic rings. The number of hydrogen-bond acceptors (Lipinski definition) is 5. The Balaban J connectivity index is 1.44. The number of carbonyl (C=O) groups excluding carboxylic acids is 3. The molecule has 0 saturated heterocycles. The molecule has 4 rings (SSSR count). The minimum absolute atomic E-state index is 0.0244. The van der Waals surface area contributed by atoms with E-state index in [9.17, 15) is 19.5 Å². The third-order valence-corrected chi connectivity index (χ3v) is 9.00. The predicted molar refractivity (Wildman–Crippen MR) is 173 cm³/mol. The molecule has 1 fully saturated rings. The summed E-state index contributed by atoms with van der Waals surface area (Å²) < 4.78 is 5.94. The van der Waals surface area contributed by atoms with Crippen molar-refractivity contribution in [3.63, 3.8) is 0 Å². The molecule has 0 bridgehead atoms. The van der Waals surface area contributed by atoms with Crippen molar-refractivity contribution in [2.24, 2.45) is 17.8 Å². The van der Waals surface area contributed by atoms with Gasteiger partial charge in [-0.1, -0.05) is 105 Å². The summed E-state index contributed by atoms with van der Waals surface area (Å²) in [6.45, 7) is -0.0394. The van der Waals surface area contributed by atoms with Crippen LogP contribution in [0.3, 0.4) is 0 Å². The van der Waals surface area contributed by atoms with Crippen LogP contribution in [0.4, 0.5) is 0 Å². The van der Waals surface area contributed by atoms with Gasteiger partial charge in [-0.3, -0.25) is 14.4 Å². The fraction of sp³-hybridized carbons (Fsp3) is 0.541.